The highest BCUT2D eigenvalue weighted by atomic mass is 19.4. The van der Waals surface area contributed by atoms with Crippen LogP contribution >= 0.6 is 0 Å². The number of halogens is 3. The second kappa shape index (κ2) is 6.32. The van der Waals surface area contributed by atoms with Crippen LogP contribution in [0.25, 0.3) is 22.6 Å². The molecule has 3 aromatic rings. The number of nitriles is 1. The van der Waals surface area contributed by atoms with Crippen LogP contribution in [0.1, 0.15) is 16.7 Å². The number of aromatic nitrogens is 2. The number of nitrogens with one attached hydrogen (secondary N) is 1. The number of ether oxygens (including phenoxy) is 1. The standard InChI is InChI=1S/C18H12F3N3O/c1-25-17-4-5-23-9-12(17)6-11(8-22)15-10-24-16-3-2-13(7-14(15)16)18(19,20)21/h2-7,9-10,24H,1H3/b11-6+. The molecule has 0 amide bonds. The van der Waals surface area contributed by atoms with Crippen molar-refractivity contribution >= 4 is 22.6 Å². The molecule has 0 aliphatic heterocycles. The molecule has 0 unspecified atom stereocenters. The lowest BCUT2D eigenvalue weighted by Gasteiger charge is -2.07. The third-order valence-corrected chi connectivity index (χ3v) is 3.75. The van der Waals surface area contributed by atoms with Gasteiger partial charge in [-0.3, -0.25) is 4.98 Å². The summed E-state index contributed by atoms with van der Waals surface area (Å²) >= 11 is 0. The number of nitrogens with zero attached hydrogens (tertiary/aromatic N) is 2. The minimum Gasteiger partial charge on any atom is -0.496 e. The first-order chi connectivity index (χ1) is 11.9. The highest BCUT2D eigenvalue weighted by Crippen LogP contribution is 2.34. The largest absolute Gasteiger partial charge is 0.496 e. The van der Waals surface area contributed by atoms with Gasteiger partial charge in [0.2, 0.25) is 0 Å². The Bertz CT molecular complexity index is 997. The Morgan fingerprint density at radius 1 is 1.32 bits per heavy atom. The van der Waals surface area contributed by atoms with Gasteiger partial charge in [0.25, 0.3) is 0 Å². The number of fused-ring (bicyclic) bond motifs is 1. The molecule has 3 rings (SSSR count). The van der Waals surface area contributed by atoms with Crippen molar-refractivity contribution in [3.05, 3.63) is 59.5 Å². The van der Waals surface area contributed by atoms with E-state index in [1.807, 2.05) is 6.07 Å². The lowest BCUT2D eigenvalue weighted by Crippen LogP contribution is -2.04. The van der Waals surface area contributed by atoms with E-state index in [9.17, 15) is 18.4 Å². The number of hydrogen-bond donors (Lipinski definition) is 1. The summed E-state index contributed by atoms with van der Waals surface area (Å²) in [6.45, 7) is 0. The third-order valence-electron chi connectivity index (χ3n) is 3.75. The van der Waals surface area contributed by atoms with Crippen LogP contribution in [0.5, 0.6) is 5.75 Å². The Labute approximate surface area is 141 Å². The number of H-pyrrole nitrogens is 1. The summed E-state index contributed by atoms with van der Waals surface area (Å²) in [5.74, 6) is 0.513. The van der Waals surface area contributed by atoms with E-state index in [-0.39, 0.29) is 5.57 Å². The summed E-state index contributed by atoms with van der Waals surface area (Å²) in [6.07, 6.45) is 1.67. The molecule has 1 N–H and O–H groups in total. The van der Waals surface area contributed by atoms with Gasteiger partial charge in [-0.25, -0.2) is 0 Å². The number of allylic oxidation sites excluding steroid dienone is 1. The molecule has 25 heavy (non-hydrogen) atoms. The van der Waals surface area contributed by atoms with Crippen molar-refractivity contribution in [3.8, 4) is 11.8 Å². The van der Waals surface area contributed by atoms with E-state index in [1.54, 1.807) is 12.3 Å². The van der Waals surface area contributed by atoms with Gasteiger partial charge < -0.3 is 9.72 Å². The first-order valence-electron chi connectivity index (χ1n) is 7.22. The van der Waals surface area contributed by atoms with Crippen LogP contribution in [-0.2, 0) is 6.18 Å². The average Bonchev–Trinajstić information content (AvgIpc) is 3.02. The topological polar surface area (TPSA) is 61.7 Å². The average molecular weight is 343 g/mol. The van der Waals surface area contributed by atoms with Crippen molar-refractivity contribution in [1.82, 2.24) is 9.97 Å². The highest BCUT2D eigenvalue weighted by molar-refractivity contribution is 6.01. The van der Waals surface area contributed by atoms with E-state index in [2.05, 4.69) is 9.97 Å². The molecule has 0 saturated carbocycles. The number of hydrogen-bond acceptors (Lipinski definition) is 3. The van der Waals surface area contributed by atoms with Crippen molar-refractivity contribution < 1.29 is 17.9 Å². The van der Waals surface area contributed by atoms with Crippen LogP contribution in [0.15, 0.2) is 42.9 Å². The van der Waals surface area contributed by atoms with Gasteiger partial charge in [0, 0.05) is 40.6 Å². The molecule has 0 aliphatic rings. The number of aromatic amines is 1. The Hall–Kier alpha value is -3.27. The number of benzene rings is 1. The minimum atomic E-state index is -4.45. The molecule has 4 nitrogen and oxygen atoms in total. The predicted octanol–water partition coefficient (Wildman–Crippen LogP) is 4.65. The quantitative estimate of drug-likeness (QED) is 0.704. The Balaban J connectivity index is 2.16. The van der Waals surface area contributed by atoms with E-state index < -0.39 is 11.7 Å². The maximum Gasteiger partial charge on any atom is 0.416 e. The molecule has 0 radical (unpaired) electrons. The van der Waals surface area contributed by atoms with Crippen molar-refractivity contribution in [2.24, 2.45) is 0 Å². The van der Waals surface area contributed by atoms with E-state index in [0.29, 0.717) is 27.8 Å². The first-order valence-corrected chi connectivity index (χ1v) is 7.22. The fourth-order valence-electron chi connectivity index (χ4n) is 2.53. The van der Waals surface area contributed by atoms with Gasteiger partial charge in [0.1, 0.15) is 5.75 Å². The lowest BCUT2D eigenvalue weighted by atomic mass is 10.0. The normalized spacial score (nSPS) is 12.2. The molecule has 0 aliphatic carbocycles. The molecule has 2 heterocycles. The zero-order valence-corrected chi connectivity index (χ0v) is 13.1. The number of alkyl halides is 3. The molecule has 1 aromatic carbocycles. The smallest absolute Gasteiger partial charge is 0.416 e. The predicted molar refractivity (Wildman–Crippen MR) is 87.6 cm³/mol. The van der Waals surface area contributed by atoms with E-state index in [1.165, 1.54) is 31.6 Å². The van der Waals surface area contributed by atoms with Crippen molar-refractivity contribution in [3.63, 3.8) is 0 Å². The summed E-state index contributed by atoms with van der Waals surface area (Å²) in [5.41, 5.74) is 0.897. The number of pyridine rings is 1. The van der Waals surface area contributed by atoms with Gasteiger partial charge in [-0.05, 0) is 30.3 Å². The van der Waals surface area contributed by atoms with Crippen molar-refractivity contribution in [1.29, 1.82) is 5.26 Å². The number of methoxy groups -OCH3 is 1. The molecule has 7 heteroatoms. The molecule has 0 atom stereocenters. The van der Waals surface area contributed by atoms with Crippen LogP contribution in [0.4, 0.5) is 13.2 Å². The summed E-state index contributed by atoms with van der Waals surface area (Å²) in [4.78, 5) is 6.87. The van der Waals surface area contributed by atoms with Crippen LogP contribution in [0, 0.1) is 11.3 Å². The summed E-state index contributed by atoms with van der Waals surface area (Å²) < 4.78 is 44.1. The van der Waals surface area contributed by atoms with Crippen LogP contribution in [0.3, 0.4) is 0 Å². The maximum atomic E-state index is 13.0. The van der Waals surface area contributed by atoms with E-state index >= 15 is 0 Å². The minimum absolute atomic E-state index is 0.205. The van der Waals surface area contributed by atoms with Gasteiger partial charge >= 0.3 is 6.18 Å². The molecule has 126 valence electrons. The van der Waals surface area contributed by atoms with Gasteiger partial charge in [-0.1, -0.05) is 0 Å². The van der Waals surface area contributed by atoms with Gasteiger partial charge in [-0.15, -0.1) is 0 Å². The fourth-order valence-corrected chi connectivity index (χ4v) is 2.53. The third kappa shape index (κ3) is 3.19. The zero-order chi connectivity index (χ0) is 18.0. The van der Waals surface area contributed by atoms with Gasteiger partial charge in [0.05, 0.1) is 24.3 Å². The zero-order valence-electron chi connectivity index (χ0n) is 13.1. The highest BCUT2D eigenvalue weighted by Gasteiger charge is 2.30. The fraction of sp³-hybridized carbons (Fsp3) is 0.111. The summed E-state index contributed by atoms with van der Waals surface area (Å²) in [6, 6.07) is 7.05. The second-order valence-corrected chi connectivity index (χ2v) is 5.25. The molecule has 0 saturated heterocycles. The molecular weight excluding hydrogens is 331 g/mol. The monoisotopic (exact) mass is 343 g/mol. The molecule has 2 aromatic heterocycles. The summed E-state index contributed by atoms with van der Waals surface area (Å²) in [5, 5.41) is 9.82. The molecule has 0 fully saturated rings. The molecule has 0 spiro atoms. The SMILES string of the molecule is COc1ccncc1/C=C(\C#N)c1c[nH]c2ccc(C(F)(F)F)cc12. The Kier molecular flexibility index (Phi) is 4.19. The van der Waals surface area contributed by atoms with E-state index in [0.717, 1.165) is 12.1 Å². The Morgan fingerprint density at radius 2 is 2.12 bits per heavy atom. The number of rotatable bonds is 3. The van der Waals surface area contributed by atoms with Gasteiger partial charge in [-0.2, -0.15) is 18.4 Å². The van der Waals surface area contributed by atoms with E-state index in [4.69, 9.17) is 4.74 Å². The maximum absolute atomic E-state index is 13.0. The summed E-state index contributed by atoms with van der Waals surface area (Å²) in [7, 11) is 1.49. The second-order valence-electron chi connectivity index (χ2n) is 5.25. The molecule has 0 bridgehead atoms. The molecular formula is C18H12F3N3O. The Morgan fingerprint density at radius 3 is 2.80 bits per heavy atom. The van der Waals surface area contributed by atoms with Crippen molar-refractivity contribution in [2.75, 3.05) is 7.11 Å². The van der Waals surface area contributed by atoms with Crippen LogP contribution in [-0.4, -0.2) is 17.1 Å². The van der Waals surface area contributed by atoms with Gasteiger partial charge in [0.15, 0.2) is 0 Å². The first kappa shape index (κ1) is 16.6. The lowest BCUT2D eigenvalue weighted by molar-refractivity contribution is -0.137. The van der Waals surface area contributed by atoms with Crippen LogP contribution in [0.2, 0.25) is 0 Å². The van der Waals surface area contributed by atoms with Crippen LogP contribution < -0.4 is 4.74 Å². The van der Waals surface area contributed by atoms with Crippen molar-refractivity contribution in [2.45, 2.75) is 6.18 Å².